The van der Waals surface area contributed by atoms with Crippen molar-refractivity contribution in [2.45, 2.75) is 0 Å². The number of nitrogens with zero attached hydrogens (tertiary/aromatic N) is 3. The van der Waals surface area contributed by atoms with Gasteiger partial charge in [0.05, 0.1) is 11.4 Å². The second kappa shape index (κ2) is 13.4. The molecule has 59 heavy (non-hydrogen) atoms. The van der Waals surface area contributed by atoms with E-state index in [0.29, 0.717) is 0 Å². The van der Waals surface area contributed by atoms with Crippen molar-refractivity contribution in [3.05, 3.63) is 206 Å². The number of hydrogen-bond acceptors (Lipinski definition) is 5. The minimum atomic E-state index is -0.169. The van der Waals surface area contributed by atoms with Gasteiger partial charge in [-0.1, -0.05) is 127 Å². The number of fused-ring (bicyclic) bond motifs is 9. The number of hydrogen-bond donors (Lipinski definition) is 0. The lowest BCUT2D eigenvalue weighted by atomic mass is 9.33. The summed E-state index contributed by atoms with van der Waals surface area (Å²) in [5.41, 5.74) is 8.48. The first kappa shape index (κ1) is 33.3. The molecule has 2 aliphatic heterocycles. The molecule has 6 heteroatoms. The topological polar surface area (TPSA) is 37.8 Å². The van der Waals surface area contributed by atoms with Crippen LogP contribution in [0.3, 0.4) is 0 Å². The van der Waals surface area contributed by atoms with Crippen LogP contribution in [0, 0.1) is 0 Å². The molecule has 0 radical (unpaired) electrons. The van der Waals surface area contributed by atoms with E-state index in [4.69, 9.17) is 14.5 Å². The Morgan fingerprint density at radius 2 is 0.881 bits per heavy atom. The van der Waals surface area contributed by atoms with Gasteiger partial charge in [0.1, 0.15) is 28.8 Å². The maximum atomic E-state index is 7.03. The molecule has 12 rings (SSSR count). The average Bonchev–Trinajstić information content (AvgIpc) is 3.30. The molecule has 0 amide bonds. The highest BCUT2D eigenvalue weighted by atomic mass is 16.5. The van der Waals surface area contributed by atoms with Crippen molar-refractivity contribution >= 4 is 89.7 Å². The molecule has 0 fully saturated rings. The summed E-state index contributed by atoms with van der Waals surface area (Å²) < 4.78 is 14.0. The first-order valence-electron chi connectivity index (χ1n) is 20.0. The van der Waals surface area contributed by atoms with Gasteiger partial charge in [0.2, 0.25) is 0 Å². The van der Waals surface area contributed by atoms with Crippen molar-refractivity contribution in [1.29, 1.82) is 0 Å². The zero-order chi connectivity index (χ0) is 38.9. The van der Waals surface area contributed by atoms with Crippen LogP contribution in [0.25, 0.3) is 32.3 Å². The van der Waals surface area contributed by atoms with Crippen molar-refractivity contribution in [3.8, 4) is 23.0 Å². The molecule has 9 aromatic carbocycles. The number of aromatic nitrogens is 1. The molecule has 0 spiro atoms. The van der Waals surface area contributed by atoms with E-state index in [9.17, 15) is 0 Å². The number of benzene rings is 9. The lowest BCUT2D eigenvalue weighted by molar-refractivity contribution is 0.465. The Kier molecular flexibility index (Phi) is 7.57. The van der Waals surface area contributed by atoms with E-state index in [-0.39, 0.29) is 6.71 Å². The van der Waals surface area contributed by atoms with Crippen LogP contribution in [0.5, 0.6) is 23.0 Å². The second-order valence-corrected chi connectivity index (χ2v) is 15.1. The lowest BCUT2D eigenvalue weighted by Crippen LogP contribution is -2.58. The fourth-order valence-electron chi connectivity index (χ4n) is 9.28. The zero-order valence-electron chi connectivity index (χ0n) is 31.9. The summed E-state index contributed by atoms with van der Waals surface area (Å²) in [4.78, 5) is 9.50. The van der Waals surface area contributed by atoms with Crippen LogP contribution >= 0.6 is 0 Å². The van der Waals surface area contributed by atoms with Crippen LogP contribution in [0.1, 0.15) is 0 Å². The lowest BCUT2D eigenvalue weighted by Gasteiger charge is -2.36. The van der Waals surface area contributed by atoms with Crippen LogP contribution in [0.4, 0.5) is 34.3 Å². The van der Waals surface area contributed by atoms with E-state index in [1.807, 2.05) is 24.4 Å². The molecule has 0 saturated carbocycles. The number of pyridine rings is 1. The summed E-state index contributed by atoms with van der Waals surface area (Å²) in [7, 11) is 0. The Hall–Kier alpha value is -7.83. The van der Waals surface area contributed by atoms with Crippen LogP contribution < -0.4 is 35.7 Å². The van der Waals surface area contributed by atoms with Crippen molar-refractivity contribution in [3.63, 3.8) is 0 Å². The predicted molar refractivity (Wildman–Crippen MR) is 244 cm³/mol. The third-order valence-corrected chi connectivity index (χ3v) is 11.8. The number of rotatable bonds is 6. The molecular weight excluding hydrogens is 721 g/mol. The summed E-state index contributed by atoms with van der Waals surface area (Å²) in [5, 5.41) is 6.83. The summed E-state index contributed by atoms with van der Waals surface area (Å²) in [6.07, 6.45) is 1.85. The van der Waals surface area contributed by atoms with Crippen molar-refractivity contribution in [2.24, 2.45) is 0 Å². The Bertz CT molecular complexity index is 3210. The first-order valence-corrected chi connectivity index (χ1v) is 20.0. The predicted octanol–water partition coefficient (Wildman–Crippen LogP) is 12.2. The Balaban J connectivity index is 1.12. The normalized spacial score (nSPS) is 12.3. The van der Waals surface area contributed by atoms with Gasteiger partial charge in [-0.3, -0.25) is 4.90 Å². The molecule has 276 valence electrons. The number of anilines is 6. The van der Waals surface area contributed by atoms with Crippen LogP contribution in [-0.4, -0.2) is 11.7 Å². The standard InChI is InChI=1S/C53H34BN3O2/c1-3-18-37(19-4-1)56(38-20-5-2-6-21-38)44-33-48-51(42-24-11-9-22-40(42)44)54-52-43-25-12-10-23-41(43)45(34-49(52)59-47-27-15-26-46(58-48)53(47)54)57(50-28-13-14-31-55-50)39-30-29-35-16-7-8-17-36(35)32-39/h1-34H. The Morgan fingerprint density at radius 3 is 1.47 bits per heavy atom. The first-order chi connectivity index (χ1) is 29.3. The molecule has 10 aromatic rings. The minimum Gasteiger partial charge on any atom is -0.458 e. The van der Waals surface area contributed by atoms with Crippen molar-refractivity contribution in [2.75, 3.05) is 9.80 Å². The smallest absolute Gasteiger partial charge is 0.262 e. The van der Waals surface area contributed by atoms with Crippen molar-refractivity contribution in [1.82, 2.24) is 4.98 Å². The van der Waals surface area contributed by atoms with Gasteiger partial charge in [0.15, 0.2) is 0 Å². The molecule has 0 N–H and O–H groups in total. The molecule has 0 bridgehead atoms. The quantitative estimate of drug-likeness (QED) is 0.158. The molecule has 1 aromatic heterocycles. The summed E-state index contributed by atoms with van der Waals surface area (Å²) in [6.45, 7) is -0.169. The maximum absolute atomic E-state index is 7.03. The number of ether oxygens (including phenoxy) is 2. The van der Waals surface area contributed by atoms with Gasteiger partial charge in [-0.2, -0.15) is 0 Å². The van der Waals surface area contributed by atoms with Gasteiger partial charge in [-0.05, 0) is 93.1 Å². The average molecular weight is 756 g/mol. The van der Waals surface area contributed by atoms with Gasteiger partial charge >= 0.3 is 0 Å². The molecular formula is C53H34BN3O2. The summed E-state index contributed by atoms with van der Waals surface area (Å²) in [5.74, 6) is 4.06. The highest BCUT2D eigenvalue weighted by molar-refractivity contribution is 7.01. The van der Waals surface area contributed by atoms with Gasteiger partial charge < -0.3 is 14.4 Å². The summed E-state index contributed by atoms with van der Waals surface area (Å²) >= 11 is 0. The van der Waals surface area contributed by atoms with E-state index >= 15 is 0 Å². The molecule has 0 atom stereocenters. The number of para-hydroxylation sites is 2. The van der Waals surface area contributed by atoms with E-state index in [1.165, 1.54) is 5.39 Å². The Labute approximate surface area is 342 Å². The minimum absolute atomic E-state index is 0.169. The largest absolute Gasteiger partial charge is 0.458 e. The van der Waals surface area contributed by atoms with Gasteiger partial charge in [-0.15, -0.1) is 0 Å². The van der Waals surface area contributed by atoms with Crippen LogP contribution in [0.2, 0.25) is 0 Å². The molecule has 3 heterocycles. The van der Waals surface area contributed by atoms with E-state index in [1.54, 1.807) is 0 Å². The molecule has 0 aliphatic carbocycles. The van der Waals surface area contributed by atoms with E-state index < -0.39 is 0 Å². The van der Waals surface area contributed by atoms with Gasteiger partial charge in [-0.25, -0.2) is 4.98 Å². The van der Waals surface area contributed by atoms with Gasteiger partial charge in [0, 0.05) is 51.6 Å². The maximum Gasteiger partial charge on any atom is 0.262 e. The van der Waals surface area contributed by atoms with Crippen LogP contribution in [-0.2, 0) is 0 Å². The molecule has 0 unspecified atom stereocenters. The monoisotopic (exact) mass is 755 g/mol. The zero-order valence-corrected chi connectivity index (χ0v) is 31.9. The fourth-order valence-corrected chi connectivity index (χ4v) is 9.28. The molecule has 5 nitrogen and oxygen atoms in total. The fraction of sp³-hybridized carbons (Fsp3) is 0. The second-order valence-electron chi connectivity index (χ2n) is 15.1. The Morgan fingerprint density at radius 1 is 0.356 bits per heavy atom. The van der Waals surface area contributed by atoms with Crippen molar-refractivity contribution < 1.29 is 9.47 Å². The van der Waals surface area contributed by atoms with Crippen LogP contribution in [0.15, 0.2) is 206 Å². The molecule has 0 saturated heterocycles. The van der Waals surface area contributed by atoms with Gasteiger partial charge in [0.25, 0.3) is 6.71 Å². The van der Waals surface area contributed by atoms with E-state index in [2.05, 4.69) is 192 Å². The van der Waals surface area contributed by atoms with E-state index in [0.717, 1.165) is 101 Å². The third kappa shape index (κ3) is 5.30. The highest BCUT2D eigenvalue weighted by Gasteiger charge is 2.43. The SMILES string of the molecule is c1ccc(N(c2ccccc2)c2cc3c(c4ccccc24)B2c4c(cccc4Oc4cc(N(c5ccc6ccccc6c5)c5ccccn5)c5ccccc5c42)O3)cc1. The molecule has 2 aliphatic rings. The third-order valence-electron chi connectivity index (χ3n) is 11.8. The summed E-state index contributed by atoms with van der Waals surface area (Å²) in [6, 6.07) is 70.4. The highest BCUT2D eigenvalue weighted by Crippen LogP contribution is 2.46.